The molecular formula is C12H12ClN3O3S. The highest BCUT2D eigenvalue weighted by Gasteiger charge is 2.20. The van der Waals surface area contributed by atoms with Crippen molar-refractivity contribution in [2.45, 2.75) is 11.8 Å². The van der Waals surface area contributed by atoms with Crippen molar-refractivity contribution in [3.63, 3.8) is 0 Å². The molecule has 0 saturated heterocycles. The van der Waals surface area contributed by atoms with Gasteiger partial charge in [-0.1, -0.05) is 11.6 Å². The van der Waals surface area contributed by atoms with Crippen molar-refractivity contribution in [3.8, 4) is 0 Å². The summed E-state index contributed by atoms with van der Waals surface area (Å²) in [6, 6.07) is 7.33. The monoisotopic (exact) mass is 313 g/mol. The molecule has 0 atom stereocenters. The van der Waals surface area contributed by atoms with Gasteiger partial charge in [0.05, 0.1) is 6.20 Å². The number of hydrogen-bond donors (Lipinski definition) is 2. The van der Waals surface area contributed by atoms with Crippen LogP contribution in [0.1, 0.15) is 5.56 Å². The molecule has 0 unspecified atom stereocenters. The van der Waals surface area contributed by atoms with Gasteiger partial charge in [0.1, 0.15) is 4.90 Å². The van der Waals surface area contributed by atoms with Crippen LogP contribution >= 0.6 is 11.6 Å². The lowest BCUT2D eigenvalue weighted by Crippen LogP contribution is -2.31. The first-order valence-electron chi connectivity index (χ1n) is 5.57. The second kappa shape index (κ2) is 5.18. The van der Waals surface area contributed by atoms with E-state index in [0.717, 1.165) is 12.3 Å². The summed E-state index contributed by atoms with van der Waals surface area (Å²) in [5.74, 6) is -0.188. The smallest absolute Gasteiger partial charge is 0.276 e. The van der Waals surface area contributed by atoms with E-state index in [9.17, 15) is 13.6 Å². The van der Waals surface area contributed by atoms with Crippen LogP contribution in [0.2, 0.25) is 5.02 Å². The first-order chi connectivity index (χ1) is 9.29. The Hall–Kier alpha value is -1.99. The number of aromatic nitrogens is 1. The van der Waals surface area contributed by atoms with E-state index in [4.69, 9.17) is 17.3 Å². The van der Waals surface area contributed by atoms with Crippen molar-refractivity contribution in [2.75, 3.05) is 10.5 Å². The quantitative estimate of drug-likeness (QED) is 0.665. The van der Waals surface area contributed by atoms with Gasteiger partial charge in [0.2, 0.25) is 0 Å². The third kappa shape index (κ3) is 2.94. The van der Waals surface area contributed by atoms with E-state index in [0.29, 0.717) is 21.0 Å². The second-order valence-electron chi connectivity index (χ2n) is 4.18. The molecule has 0 saturated carbocycles. The van der Waals surface area contributed by atoms with E-state index in [-0.39, 0.29) is 10.7 Å². The van der Waals surface area contributed by atoms with E-state index in [2.05, 4.69) is 4.72 Å². The van der Waals surface area contributed by atoms with Crippen LogP contribution in [-0.4, -0.2) is 8.42 Å². The predicted octanol–water partition coefficient (Wildman–Crippen LogP) is 1.66. The zero-order valence-electron chi connectivity index (χ0n) is 10.5. The number of nitrogens with zero attached hydrogens (tertiary/aromatic N) is 1. The second-order valence-corrected chi connectivity index (χ2v) is 6.27. The number of nitrogen functional groups attached to an aromatic ring is 1. The number of rotatable bonds is 3. The number of pyridine rings is 1. The fourth-order valence-corrected chi connectivity index (χ4v) is 3.08. The Kier molecular flexibility index (Phi) is 3.74. The summed E-state index contributed by atoms with van der Waals surface area (Å²) in [4.78, 5) is -0.0444. The van der Waals surface area contributed by atoms with Gasteiger partial charge in [-0.2, -0.15) is 0 Å². The van der Waals surface area contributed by atoms with Crippen LogP contribution in [-0.2, 0) is 10.0 Å². The Labute approximate surface area is 121 Å². The number of halogens is 1. The van der Waals surface area contributed by atoms with Crippen molar-refractivity contribution >= 4 is 33.1 Å². The van der Waals surface area contributed by atoms with Crippen LogP contribution in [0, 0.1) is 12.1 Å². The maximum absolute atomic E-state index is 12.3. The minimum absolute atomic E-state index is 0.0444. The summed E-state index contributed by atoms with van der Waals surface area (Å²) in [6.45, 7) is 1.52. The number of nitrogens with two attached hydrogens (primary N) is 1. The molecule has 1 heterocycles. The standard InChI is InChI=1S/C12H12ClN3O3S/c1-8-7-16(17)12(14)6-11(8)20(18,19)15-10-4-2-9(13)3-5-10/h2-7,15H,14H2,1H3. The minimum atomic E-state index is -3.82. The van der Waals surface area contributed by atoms with Gasteiger partial charge in [0.25, 0.3) is 15.8 Å². The van der Waals surface area contributed by atoms with Crippen LogP contribution in [0.15, 0.2) is 41.4 Å². The van der Waals surface area contributed by atoms with E-state index in [1.165, 1.54) is 19.1 Å². The van der Waals surface area contributed by atoms with Gasteiger partial charge in [0.15, 0.2) is 0 Å². The van der Waals surface area contributed by atoms with Gasteiger partial charge >= 0.3 is 0 Å². The van der Waals surface area contributed by atoms with Crippen molar-refractivity contribution < 1.29 is 13.1 Å². The van der Waals surface area contributed by atoms with Crippen LogP contribution in [0.25, 0.3) is 0 Å². The average molecular weight is 314 g/mol. The lowest BCUT2D eigenvalue weighted by Gasteiger charge is -2.12. The van der Waals surface area contributed by atoms with Crippen molar-refractivity contribution in [1.29, 1.82) is 0 Å². The fourth-order valence-electron chi connectivity index (χ4n) is 1.64. The number of benzene rings is 1. The largest absolute Gasteiger partial charge is 0.711 e. The zero-order chi connectivity index (χ0) is 14.9. The Balaban J connectivity index is 2.40. The number of nitrogens with one attached hydrogen (secondary N) is 1. The van der Waals surface area contributed by atoms with Gasteiger partial charge in [-0.25, -0.2) is 13.1 Å². The lowest BCUT2D eigenvalue weighted by molar-refractivity contribution is -0.590. The lowest BCUT2D eigenvalue weighted by atomic mass is 10.3. The Morgan fingerprint density at radius 3 is 2.50 bits per heavy atom. The molecule has 1 aromatic carbocycles. The molecule has 1 aromatic heterocycles. The SMILES string of the molecule is Cc1c[n+]([O-])c(N)cc1S(=O)(=O)Nc1ccc(Cl)cc1. The Bertz CT molecular complexity index is 745. The molecule has 20 heavy (non-hydrogen) atoms. The van der Waals surface area contributed by atoms with Crippen LogP contribution in [0.5, 0.6) is 0 Å². The molecule has 0 spiro atoms. The summed E-state index contributed by atoms with van der Waals surface area (Å²) in [7, 11) is -3.82. The van der Waals surface area contributed by atoms with Gasteiger partial charge < -0.3 is 5.21 Å². The van der Waals surface area contributed by atoms with E-state index in [1.54, 1.807) is 12.1 Å². The maximum Gasteiger partial charge on any atom is 0.276 e. The summed E-state index contributed by atoms with van der Waals surface area (Å²) >= 11 is 5.73. The number of hydrogen-bond acceptors (Lipinski definition) is 4. The average Bonchev–Trinajstić information content (AvgIpc) is 2.36. The topological polar surface area (TPSA) is 99.1 Å². The highest BCUT2D eigenvalue weighted by Crippen LogP contribution is 2.21. The zero-order valence-corrected chi connectivity index (χ0v) is 12.1. The van der Waals surface area contributed by atoms with Crippen LogP contribution < -0.4 is 15.2 Å². The Morgan fingerprint density at radius 2 is 1.90 bits per heavy atom. The molecule has 0 fully saturated rings. The summed E-state index contributed by atoms with van der Waals surface area (Å²) in [5.41, 5.74) is 6.11. The summed E-state index contributed by atoms with van der Waals surface area (Å²) in [6.07, 6.45) is 1.12. The fraction of sp³-hybridized carbons (Fsp3) is 0.0833. The van der Waals surface area contributed by atoms with E-state index >= 15 is 0 Å². The van der Waals surface area contributed by atoms with Crippen molar-refractivity contribution in [1.82, 2.24) is 0 Å². The predicted molar refractivity (Wildman–Crippen MR) is 76.8 cm³/mol. The van der Waals surface area contributed by atoms with Crippen molar-refractivity contribution in [2.24, 2.45) is 0 Å². The summed E-state index contributed by atoms with van der Waals surface area (Å²) in [5, 5.41) is 11.8. The Morgan fingerprint density at radius 1 is 1.30 bits per heavy atom. The highest BCUT2D eigenvalue weighted by atomic mass is 35.5. The molecule has 3 N–H and O–H groups in total. The van der Waals surface area contributed by atoms with E-state index in [1.807, 2.05) is 0 Å². The van der Waals surface area contributed by atoms with E-state index < -0.39 is 10.0 Å². The molecular weight excluding hydrogens is 302 g/mol. The molecule has 2 aromatic rings. The van der Waals surface area contributed by atoms with Gasteiger partial charge in [0, 0.05) is 22.3 Å². The molecule has 0 aliphatic carbocycles. The molecule has 0 radical (unpaired) electrons. The number of sulfonamides is 1. The third-order valence-electron chi connectivity index (χ3n) is 2.62. The molecule has 0 aliphatic heterocycles. The molecule has 0 aliphatic rings. The van der Waals surface area contributed by atoms with Gasteiger partial charge in [-0.05, 0) is 31.2 Å². The molecule has 8 heteroatoms. The molecule has 0 amide bonds. The first-order valence-corrected chi connectivity index (χ1v) is 7.43. The number of anilines is 2. The summed E-state index contributed by atoms with van der Waals surface area (Å²) < 4.78 is 27.3. The molecule has 0 bridgehead atoms. The van der Waals surface area contributed by atoms with Crippen LogP contribution in [0.4, 0.5) is 11.5 Å². The van der Waals surface area contributed by atoms with Gasteiger partial charge in [-0.15, -0.1) is 0 Å². The molecule has 2 rings (SSSR count). The normalized spacial score (nSPS) is 11.3. The highest BCUT2D eigenvalue weighted by molar-refractivity contribution is 7.92. The minimum Gasteiger partial charge on any atom is -0.711 e. The third-order valence-corrected chi connectivity index (χ3v) is 4.39. The van der Waals surface area contributed by atoms with Crippen LogP contribution in [0.3, 0.4) is 0 Å². The number of aryl methyl sites for hydroxylation is 1. The maximum atomic E-state index is 12.3. The molecule has 6 nitrogen and oxygen atoms in total. The first kappa shape index (κ1) is 14.4. The molecule has 106 valence electrons. The van der Waals surface area contributed by atoms with Gasteiger partial charge in [-0.3, -0.25) is 10.5 Å². The van der Waals surface area contributed by atoms with Crippen molar-refractivity contribution in [3.05, 3.63) is 52.3 Å².